The molecule has 1 N–H and O–H groups in total. The van der Waals surface area contributed by atoms with Crippen molar-refractivity contribution in [3.63, 3.8) is 0 Å². The number of hydrogen-bond donors (Lipinski definition) is 1. The molecule has 1 aliphatic rings. The Labute approximate surface area is 149 Å². The van der Waals surface area contributed by atoms with Gasteiger partial charge in [-0.1, -0.05) is 12.1 Å². The molecule has 2 heterocycles. The summed E-state index contributed by atoms with van der Waals surface area (Å²) >= 11 is 0. The summed E-state index contributed by atoms with van der Waals surface area (Å²) in [5, 5.41) is 2.44. The Kier molecular flexibility index (Phi) is 5.11. The van der Waals surface area contributed by atoms with Crippen LogP contribution in [0.15, 0.2) is 36.5 Å². The number of aromatic nitrogens is 2. The van der Waals surface area contributed by atoms with Gasteiger partial charge in [0, 0.05) is 25.0 Å². The van der Waals surface area contributed by atoms with Crippen LogP contribution in [-0.4, -0.2) is 29.0 Å². The van der Waals surface area contributed by atoms with Gasteiger partial charge in [-0.25, -0.2) is 9.97 Å². The second-order valence-corrected chi connectivity index (χ2v) is 6.32. The fourth-order valence-electron chi connectivity index (χ4n) is 3.03. The SMILES string of the molecule is Cc1ccnc(N2CCC[C@H](C(=O)Nc3ccccc3C(F)(F)F)C2)n1. The number of carbonyl (C=O) groups is 1. The Morgan fingerprint density at radius 2 is 2.04 bits per heavy atom. The zero-order valence-corrected chi connectivity index (χ0v) is 14.3. The number of hydrogen-bond acceptors (Lipinski definition) is 4. The summed E-state index contributed by atoms with van der Waals surface area (Å²) in [7, 11) is 0. The number of alkyl halides is 3. The summed E-state index contributed by atoms with van der Waals surface area (Å²) in [5.41, 5.74) is -0.238. The lowest BCUT2D eigenvalue weighted by molar-refractivity contribution is -0.137. The van der Waals surface area contributed by atoms with E-state index in [1.165, 1.54) is 18.2 Å². The predicted octanol–water partition coefficient (Wildman–Crippen LogP) is 3.66. The first-order chi connectivity index (χ1) is 12.3. The lowest BCUT2D eigenvalue weighted by atomic mass is 9.97. The van der Waals surface area contributed by atoms with Crippen LogP contribution in [-0.2, 0) is 11.0 Å². The molecule has 3 rings (SSSR count). The number of rotatable bonds is 3. The van der Waals surface area contributed by atoms with Crippen LogP contribution >= 0.6 is 0 Å². The van der Waals surface area contributed by atoms with Gasteiger partial charge >= 0.3 is 6.18 Å². The third-order valence-electron chi connectivity index (χ3n) is 4.35. The third kappa shape index (κ3) is 4.12. The predicted molar refractivity (Wildman–Crippen MR) is 91.8 cm³/mol. The van der Waals surface area contributed by atoms with E-state index in [9.17, 15) is 18.0 Å². The highest BCUT2D eigenvalue weighted by atomic mass is 19.4. The van der Waals surface area contributed by atoms with E-state index in [1.54, 1.807) is 12.3 Å². The van der Waals surface area contributed by atoms with Crippen molar-refractivity contribution in [3.05, 3.63) is 47.8 Å². The largest absolute Gasteiger partial charge is 0.418 e. The van der Waals surface area contributed by atoms with Crippen LogP contribution in [0.3, 0.4) is 0 Å². The van der Waals surface area contributed by atoms with Crippen molar-refractivity contribution in [2.75, 3.05) is 23.3 Å². The molecule has 2 aromatic rings. The number of aryl methyl sites for hydroxylation is 1. The second kappa shape index (κ2) is 7.31. The molecular formula is C18H19F3N4O. The van der Waals surface area contributed by atoms with Crippen molar-refractivity contribution in [2.24, 2.45) is 5.92 Å². The monoisotopic (exact) mass is 364 g/mol. The standard InChI is InChI=1S/C18H19F3N4O/c1-12-8-9-22-17(23-12)25-10-4-5-13(11-25)16(26)24-15-7-3-2-6-14(15)18(19,20)21/h2-3,6-9,13H,4-5,10-11H2,1H3,(H,24,26)/t13-/m0/s1. The molecule has 1 amide bonds. The average molecular weight is 364 g/mol. The molecule has 5 nitrogen and oxygen atoms in total. The summed E-state index contributed by atoms with van der Waals surface area (Å²) in [6.07, 6.45) is -1.50. The van der Waals surface area contributed by atoms with Gasteiger partial charge in [0.05, 0.1) is 17.2 Å². The highest BCUT2D eigenvalue weighted by Crippen LogP contribution is 2.35. The molecular weight excluding hydrogens is 345 g/mol. The lowest BCUT2D eigenvalue weighted by Gasteiger charge is -2.32. The van der Waals surface area contributed by atoms with Crippen LogP contribution in [0.4, 0.5) is 24.8 Å². The molecule has 0 unspecified atom stereocenters. The van der Waals surface area contributed by atoms with Gasteiger partial charge in [0.1, 0.15) is 0 Å². The number of carbonyl (C=O) groups excluding carboxylic acids is 1. The van der Waals surface area contributed by atoms with Crippen molar-refractivity contribution in [2.45, 2.75) is 25.9 Å². The normalized spacial score (nSPS) is 17.8. The Morgan fingerprint density at radius 3 is 2.77 bits per heavy atom. The zero-order chi connectivity index (χ0) is 18.7. The van der Waals surface area contributed by atoms with Gasteiger partial charge in [0.2, 0.25) is 11.9 Å². The van der Waals surface area contributed by atoms with E-state index in [4.69, 9.17) is 0 Å². The third-order valence-corrected chi connectivity index (χ3v) is 4.35. The summed E-state index contributed by atoms with van der Waals surface area (Å²) in [6.45, 7) is 2.95. The molecule has 1 aliphatic heterocycles. The van der Waals surface area contributed by atoms with E-state index >= 15 is 0 Å². The molecule has 0 bridgehead atoms. The van der Waals surface area contributed by atoms with Crippen molar-refractivity contribution in [1.29, 1.82) is 0 Å². The maximum atomic E-state index is 13.1. The van der Waals surface area contributed by atoms with E-state index in [0.29, 0.717) is 25.5 Å². The fourth-order valence-corrected chi connectivity index (χ4v) is 3.03. The Hall–Kier alpha value is -2.64. The van der Waals surface area contributed by atoms with Gasteiger partial charge < -0.3 is 10.2 Å². The smallest absolute Gasteiger partial charge is 0.340 e. The summed E-state index contributed by atoms with van der Waals surface area (Å²) < 4.78 is 39.3. The van der Waals surface area contributed by atoms with Crippen LogP contribution in [0.25, 0.3) is 0 Å². The van der Waals surface area contributed by atoms with E-state index in [2.05, 4.69) is 15.3 Å². The van der Waals surface area contributed by atoms with E-state index in [-0.39, 0.29) is 5.69 Å². The lowest BCUT2D eigenvalue weighted by Crippen LogP contribution is -2.41. The molecule has 1 fully saturated rings. The number of nitrogens with zero attached hydrogens (tertiary/aromatic N) is 3. The van der Waals surface area contributed by atoms with Gasteiger partial charge in [-0.05, 0) is 38.0 Å². The summed E-state index contributed by atoms with van der Waals surface area (Å²) in [4.78, 5) is 23.0. The van der Waals surface area contributed by atoms with Crippen molar-refractivity contribution in [3.8, 4) is 0 Å². The molecule has 0 radical (unpaired) electrons. The number of para-hydroxylation sites is 1. The van der Waals surface area contributed by atoms with Crippen molar-refractivity contribution < 1.29 is 18.0 Å². The molecule has 0 saturated carbocycles. The number of halogens is 3. The molecule has 0 aliphatic carbocycles. The number of nitrogens with one attached hydrogen (secondary N) is 1. The summed E-state index contributed by atoms with van der Waals surface area (Å²) in [6, 6.07) is 6.79. The highest BCUT2D eigenvalue weighted by Gasteiger charge is 2.34. The maximum Gasteiger partial charge on any atom is 0.418 e. The maximum absolute atomic E-state index is 13.1. The Bertz CT molecular complexity index is 794. The number of anilines is 2. The van der Waals surface area contributed by atoms with Crippen LogP contribution in [0.2, 0.25) is 0 Å². The van der Waals surface area contributed by atoms with Gasteiger partial charge in [-0.2, -0.15) is 13.2 Å². The quantitative estimate of drug-likeness (QED) is 0.903. The van der Waals surface area contributed by atoms with Crippen molar-refractivity contribution >= 4 is 17.5 Å². The molecule has 138 valence electrons. The topological polar surface area (TPSA) is 58.1 Å². The Balaban J connectivity index is 1.73. The number of amides is 1. The highest BCUT2D eigenvalue weighted by molar-refractivity contribution is 5.93. The Morgan fingerprint density at radius 1 is 1.27 bits per heavy atom. The molecule has 1 aromatic carbocycles. The van der Waals surface area contributed by atoms with Gasteiger partial charge in [0.25, 0.3) is 0 Å². The molecule has 1 aromatic heterocycles. The van der Waals surface area contributed by atoms with Gasteiger partial charge in [-0.3, -0.25) is 4.79 Å². The van der Waals surface area contributed by atoms with Crippen LogP contribution in [0.5, 0.6) is 0 Å². The molecule has 1 atom stereocenters. The van der Waals surface area contributed by atoms with E-state index in [1.807, 2.05) is 11.8 Å². The van der Waals surface area contributed by atoms with Crippen LogP contribution in [0.1, 0.15) is 24.1 Å². The number of benzene rings is 1. The molecule has 8 heteroatoms. The second-order valence-electron chi connectivity index (χ2n) is 6.32. The first-order valence-electron chi connectivity index (χ1n) is 8.36. The fraction of sp³-hybridized carbons (Fsp3) is 0.389. The van der Waals surface area contributed by atoms with E-state index in [0.717, 1.165) is 18.2 Å². The van der Waals surface area contributed by atoms with Gasteiger partial charge in [-0.15, -0.1) is 0 Å². The van der Waals surface area contributed by atoms with Crippen LogP contribution < -0.4 is 10.2 Å². The molecule has 0 spiro atoms. The summed E-state index contributed by atoms with van der Waals surface area (Å²) in [5.74, 6) is -0.300. The average Bonchev–Trinajstić information content (AvgIpc) is 2.61. The minimum atomic E-state index is -4.52. The molecule has 1 saturated heterocycles. The minimum Gasteiger partial charge on any atom is -0.340 e. The van der Waals surface area contributed by atoms with Crippen LogP contribution in [0, 0.1) is 12.8 Å². The van der Waals surface area contributed by atoms with Gasteiger partial charge in [0.15, 0.2) is 0 Å². The van der Waals surface area contributed by atoms with E-state index < -0.39 is 23.6 Å². The minimum absolute atomic E-state index is 0.214. The first-order valence-corrected chi connectivity index (χ1v) is 8.36. The molecule has 26 heavy (non-hydrogen) atoms. The zero-order valence-electron chi connectivity index (χ0n) is 14.3. The number of piperidine rings is 1. The first kappa shape index (κ1) is 18.2. The van der Waals surface area contributed by atoms with Crippen molar-refractivity contribution in [1.82, 2.24) is 9.97 Å².